The molecule has 1 saturated heterocycles. The van der Waals surface area contributed by atoms with E-state index >= 15 is 0 Å². The first-order chi connectivity index (χ1) is 17.9. The number of piperidine rings is 1. The summed E-state index contributed by atoms with van der Waals surface area (Å²) in [6.07, 6.45) is 16.3. The Kier molecular flexibility index (Phi) is 12.6. The molecule has 0 bridgehead atoms. The summed E-state index contributed by atoms with van der Waals surface area (Å²) in [4.78, 5) is 16.4. The maximum atomic E-state index is 14.1. The molecule has 1 aromatic carbocycles. The second kappa shape index (κ2) is 15.2. The molecule has 37 heavy (non-hydrogen) atoms. The van der Waals surface area contributed by atoms with Crippen LogP contribution in [0, 0.1) is 5.92 Å². The van der Waals surface area contributed by atoms with Crippen LogP contribution in [0.1, 0.15) is 124 Å². The summed E-state index contributed by atoms with van der Waals surface area (Å²) in [5.41, 5.74) is 1.37. The Labute approximate surface area is 233 Å². The molecule has 0 radical (unpaired) electrons. The minimum absolute atomic E-state index is 0.000290. The van der Waals surface area contributed by atoms with Gasteiger partial charge in [0.15, 0.2) is 0 Å². The number of ether oxygens (including phenoxy) is 1. The van der Waals surface area contributed by atoms with E-state index in [1.807, 2.05) is 0 Å². The van der Waals surface area contributed by atoms with Crippen LogP contribution in [-0.4, -0.2) is 46.1 Å². The molecular weight excluding hydrogens is 561 g/mol. The number of hydrogen-bond donors (Lipinski definition) is 0. The molecule has 1 aliphatic heterocycles. The third kappa shape index (κ3) is 7.92. The van der Waals surface area contributed by atoms with Crippen molar-refractivity contribution in [3.8, 4) is 0 Å². The molecule has 0 spiro atoms. The maximum absolute atomic E-state index is 14.1. The molecule has 4 heteroatoms. The first kappa shape index (κ1) is 30.8. The van der Waals surface area contributed by atoms with Gasteiger partial charge in [-0.05, 0) is 0 Å². The summed E-state index contributed by atoms with van der Waals surface area (Å²) >= 11 is -2.59. The number of amides is 1. The topological polar surface area (TPSA) is 29.5 Å². The number of hydrogen-bond acceptors (Lipinski definition) is 2. The Bertz CT molecular complexity index is 773. The molecule has 0 N–H and O–H groups in total. The predicted octanol–water partition coefficient (Wildman–Crippen LogP) is 9.90. The molecule has 0 aromatic heterocycles. The van der Waals surface area contributed by atoms with Crippen molar-refractivity contribution in [1.82, 2.24) is 4.90 Å². The predicted molar refractivity (Wildman–Crippen MR) is 161 cm³/mol. The normalized spacial score (nSPS) is 23.2. The standard InChI is InChI=1S/C21H30NO2.3C4H9.Sn/c1-21(2,17-11-5-3-6-12-17)18-13-7-8-14-19(18)24-20(23)22-15-9-4-10-16-22;3*1-3-4-2;/h3,5-6,11-12,15,18-19H,4,7-10,13-14,16H2,1-2H3;3*1,3-4H2,2H3;/t18-,19-;;;;/m1..../s1. The van der Waals surface area contributed by atoms with Gasteiger partial charge in [0.1, 0.15) is 0 Å². The zero-order valence-corrected chi connectivity index (χ0v) is 27.8. The summed E-state index contributed by atoms with van der Waals surface area (Å²) in [6.45, 7) is 12.7. The van der Waals surface area contributed by atoms with Gasteiger partial charge < -0.3 is 0 Å². The monoisotopic (exact) mass is 619 g/mol. The van der Waals surface area contributed by atoms with Gasteiger partial charge in [0, 0.05) is 0 Å². The van der Waals surface area contributed by atoms with Crippen LogP contribution < -0.4 is 0 Å². The van der Waals surface area contributed by atoms with E-state index in [2.05, 4.69) is 69.9 Å². The van der Waals surface area contributed by atoms with Crippen LogP contribution >= 0.6 is 0 Å². The molecule has 1 aliphatic carbocycles. The zero-order chi connectivity index (χ0) is 26.7. The van der Waals surface area contributed by atoms with Crippen LogP contribution in [0.4, 0.5) is 4.79 Å². The number of carbonyl (C=O) groups is 1. The Morgan fingerprint density at radius 3 is 2.03 bits per heavy atom. The van der Waals surface area contributed by atoms with Crippen LogP contribution in [0.3, 0.4) is 0 Å². The fraction of sp³-hybridized carbons (Fsp3) is 0.788. The summed E-state index contributed by atoms with van der Waals surface area (Å²) in [5, 5.41) is 0. The molecule has 2 aliphatic rings. The quantitative estimate of drug-likeness (QED) is 0.206. The summed E-state index contributed by atoms with van der Waals surface area (Å²) in [7, 11) is 0. The summed E-state index contributed by atoms with van der Waals surface area (Å²) in [6, 6.07) is 10.9. The molecule has 3 atom stereocenters. The van der Waals surface area contributed by atoms with Crippen molar-refractivity contribution < 1.29 is 9.53 Å². The van der Waals surface area contributed by atoms with Crippen LogP contribution in [0.2, 0.25) is 13.3 Å². The van der Waals surface area contributed by atoms with Crippen molar-refractivity contribution in [1.29, 1.82) is 0 Å². The van der Waals surface area contributed by atoms with E-state index in [-0.39, 0.29) is 17.6 Å². The van der Waals surface area contributed by atoms with E-state index in [9.17, 15) is 4.79 Å². The van der Waals surface area contributed by atoms with Gasteiger partial charge in [-0.3, -0.25) is 0 Å². The zero-order valence-electron chi connectivity index (χ0n) is 24.9. The Hall–Kier alpha value is -0.711. The summed E-state index contributed by atoms with van der Waals surface area (Å²) in [5.74, 6) is 0.379. The summed E-state index contributed by atoms with van der Waals surface area (Å²) < 4.78 is 11.6. The average molecular weight is 619 g/mol. The molecule has 1 saturated carbocycles. The van der Waals surface area contributed by atoms with Gasteiger partial charge in [-0.1, -0.05) is 0 Å². The van der Waals surface area contributed by atoms with Crippen molar-refractivity contribution in [3.63, 3.8) is 0 Å². The minimum atomic E-state index is -2.59. The Balaban J connectivity index is 1.83. The van der Waals surface area contributed by atoms with Gasteiger partial charge >= 0.3 is 234 Å². The van der Waals surface area contributed by atoms with Crippen molar-refractivity contribution in [2.24, 2.45) is 5.92 Å². The molecule has 2 fully saturated rings. The van der Waals surface area contributed by atoms with Crippen molar-refractivity contribution in [2.75, 3.05) is 6.54 Å². The number of carbonyl (C=O) groups excluding carboxylic acids is 1. The number of rotatable bonds is 13. The third-order valence-corrected chi connectivity index (χ3v) is 27.2. The van der Waals surface area contributed by atoms with Gasteiger partial charge in [0.25, 0.3) is 0 Å². The van der Waals surface area contributed by atoms with Gasteiger partial charge in [-0.2, -0.15) is 0 Å². The number of nitrogens with zero attached hydrogens (tertiary/aromatic N) is 1. The van der Waals surface area contributed by atoms with E-state index in [4.69, 9.17) is 4.74 Å². The molecule has 210 valence electrons. The SMILES string of the molecule is CCC[CH2][Sn]([CH2]CCC)([CH2]CCC)[C@H]1CCCCN1C(=O)O[C@@H]1CCCC[C@H]1C(C)(C)c1ccccc1. The van der Waals surface area contributed by atoms with E-state index in [0.717, 1.165) is 25.8 Å². The second-order valence-corrected chi connectivity index (χ2v) is 26.7. The van der Waals surface area contributed by atoms with E-state index < -0.39 is 18.4 Å². The van der Waals surface area contributed by atoms with Crippen LogP contribution in [0.5, 0.6) is 0 Å². The van der Waals surface area contributed by atoms with Crippen LogP contribution in [-0.2, 0) is 10.2 Å². The van der Waals surface area contributed by atoms with Crippen molar-refractivity contribution in [3.05, 3.63) is 35.9 Å². The molecule has 3 nitrogen and oxygen atoms in total. The number of unbranched alkanes of at least 4 members (excludes halogenated alkanes) is 3. The van der Waals surface area contributed by atoms with E-state index in [1.54, 1.807) is 0 Å². The fourth-order valence-corrected chi connectivity index (χ4v) is 26.5. The first-order valence-corrected chi connectivity index (χ1v) is 23.6. The van der Waals surface area contributed by atoms with Crippen LogP contribution in [0.25, 0.3) is 0 Å². The molecule has 1 heterocycles. The van der Waals surface area contributed by atoms with Gasteiger partial charge in [0.2, 0.25) is 0 Å². The molecule has 1 amide bonds. The second-order valence-electron chi connectivity index (χ2n) is 12.8. The van der Waals surface area contributed by atoms with Crippen LogP contribution in [0.15, 0.2) is 30.3 Å². The number of likely N-dealkylation sites (tertiary alicyclic amines) is 1. The van der Waals surface area contributed by atoms with Gasteiger partial charge in [-0.25, -0.2) is 0 Å². The molecule has 1 aromatic rings. The van der Waals surface area contributed by atoms with Crippen molar-refractivity contribution >= 4 is 24.5 Å². The Morgan fingerprint density at radius 2 is 1.43 bits per heavy atom. The van der Waals surface area contributed by atoms with E-state index in [0.29, 0.717) is 9.98 Å². The van der Waals surface area contributed by atoms with E-state index in [1.165, 1.54) is 83.1 Å². The fourth-order valence-electron chi connectivity index (χ4n) is 7.59. The molecule has 0 unspecified atom stereocenters. The third-order valence-electron chi connectivity index (χ3n) is 9.93. The molecule has 3 rings (SSSR count). The number of benzene rings is 1. The average Bonchev–Trinajstić information content (AvgIpc) is 2.93. The van der Waals surface area contributed by atoms with Crippen molar-refractivity contribution in [2.45, 2.75) is 147 Å². The van der Waals surface area contributed by atoms with Gasteiger partial charge in [-0.15, -0.1) is 0 Å². The first-order valence-electron chi connectivity index (χ1n) is 15.9. The Morgan fingerprint density at radius 1 is 0.865 bits per heavy atom. The van der Waals surface area contributed by atoms with Gasteiger partial charge in [0.05, 0.1) is 0 Å². The molecular formula is C33H57NO2Sn.